The zero-order valence-electron chi connectivity index (χ0n) is 34.1. The second-order valence-electron chi connectivity index (χ2n) is 12.8. The van der Waals surface area contributed by atoms with Crippen molar-refractivity contribution >= 4 is 17.1 Å². The van der Waals surface area contributed by atoms with Gasteiger partial charge in [0.15, 0.2) is 0 Å². The van der Waals surface area contributed by atoms with Gasteiger partial charge in [0.1, 0.15) is 0 Å². The highest BCUT2D eigenvalue weighted by Gasteiger charge is 2.34. The Balaban J connectivity index is 1.33. The molecular formula is C42H39N. The quantitative estimate of drug-likeness (QED) is 0.204. The summed E-state index contributed by atoms with van der Waals surface area (Å²) in [6.07, 6.45) is 9.52. The molecule has 0 radical (unpaired) electrons. The van der Waals surface area contributed by atoms with Crippen LogP contribution in [0.2, 0.25) is 0 Å². The molecule has 1 heteroatoms. The Labute approximate surface area is 270 Å². The molecule has 4 bridgehead atoms. The Hall–Kier alpha value is -4.10. The van der Waals surface area contributed by atoms with Gasteiger partial charge in [-0.05, 0) is 162 Å². The number of benzene rings is 5. The van der Waals surface area contributed by atoms with Crippen molar-refractivity contribution < 1.29 is 13.7 Å². The van der Waals surface area contributed by atoms with Gasteiger partial charge in [-0.15, -0.1) is 0 Å². The zero-order chi connectivity index (χ0) is 37.0. The van der Waals surface area contributed by atoms with E-state index in [0.29, 0.717) is 29.4 Å². The first-order chi connectivity index (χ1) is 25.4. The molecule has 212 valence electrons. The van der Waals surface area contributed by atoms with E-state index in [1.54, 1.807) is 0 Å². The van der Waals surface area contributed by atoms with Crippen molar-refractivity contribution in [3.8, 4) is 22.3 Å². The summed E-state index contributed by atoms with van der Waals surface area (Å²) in [5, 5.41) is 0. The van der Waals surface area contributed by atoms with E-state index in [1.807, 2.05) is 12.1 Å². The summed E-state index contributed by atoms with van der Waals surface area (Å²) >= 11 is 0. The maximum Gasteiger partial charge on any atom is 0.0645 e. The lowest BCUT2D eigenvalue weighted by Crippen LogP contribution is -2.21. The Kier molecular flexibility index (Phi) is 4.12. The maximum absolute atomic E-state index is 9.03. The highest BCUT2D eigenvalue weighted by atomic mass is 15.1. The highest BCUT2D eigenvalue weighted by Crippen LogP contribution is 2.52. The van der Waals surface area contributed by atoms with E-state index < -0.39 is 60.4 Å². The van der Waals surface area contributed by atoms with Gasteiger partial charge in [-0.1, -0.05) is 72.7 Å². The van der Waals surface area contributed by atoms with Gasteiger partial charge in [0, 0.05) is 17.1 Å². The predicted octanol–water partition coefficient (Wildman–Crippen LogP) is 12.0. The molecule has 5 aromatic rings. The fourth-order valence-corrected chi connectivity index (χ4v) is 8.54. The van der Waals surface area contributed by atoms with Crippen LogP contribution < -0.4 is 4.90 Å². The number of rotatable bonds is 5. The third kappa shape index (κ3) is 4.36. The summed E-state index contributed by atoms with van der Waals surface area (Å²) < 4.78 is 87.0. The fourth-order valence-electron chi connectivity index (χ4n) is 8.54. The molecule has 0 N–H and O–H groups in total. The normalized spacial score (nSPS) is 26.3. The lowest BCUT2D eigenvalue weighted by atomic mass is 9.66. The Morgan fingerprint density at radius 3 is 1.21 bits per heavy atom. The summed E-state index contributed by atoms with van der Waals surface area (Å²) in [7, 11) is 0. The Morgan fingerprint density at radius 1 is 0.395 bits per heavy atom. The molecule has 0 unspecified atom stereocenters. The third-order valence-electron chi connectivity index (χ3n) is 10.7. The van der Waals surface area contributed by atoms with Crippen molar-refractivity contribution in [3.05, 3.63) is 137 Å². The van der Waals surface area contributed by atoms with Crippen molar-refractivity contribution in [2.24, 2.45) is 0 Å². The number of hydrogen-bond acceptors (Lipinski definition) is 1. The largest absolute Gasteiger partial charge is 0.310 e. The van der Waals surface area contributed by atoms with Gasteiger partial charge in [0.2, 0.25) is 0 Å². The first kappa shape index (κ1) is 17.3. The molecule has 0 heterocycles. The summed E-state index contributed by atoms with van der Waals surface area (Å²) in [6.45, 7) is 0. The molecule has 0 spiro atoms. The van der Waals surface area contributed by atoms with Crippen molar-refractivity contribution in [2.45, 2.75) is 75.0 Å². The molecule has 2 saturated carbocycles. The molecule has 43 heavy (non-hydrogen) atoms. The molecule has 11 rings (SSSR count). The van der Waals surface area contributed by atoms with Crippen LogP contribution in [0.4, 0.5) is 17.1 Å². The molecule has 0 atom stereocenters. The summed E-state index contributed by atoms with van der Waals surface area (Å²) in [5.41, 5.74) is 8.91. The van der Waals surface area contributed by atoms with Gasteiger partial charge in [-0.3, -0.25) is 0 Å². The molecule has 1 nitrogen and oxygen atoms in total. The maximum atomic E-state index is 9.03. The molecule has 6 aliphatic carbocycles. The predicted molar refractivity (Wildman–Crippen MR) is 180 cm³/mol. The van der Waals surface area contributed by atoms with Crippen LogP contribution in [0.3, 0.4) is 0 Å². The number of para-hydroxylation sites is 2. The number of hydrogen-bond donors (Lipinski definition) is 0. The molecule has 0 aliphatic heterocycles. The minimum absolute atomic E-state index is 0.289. The van der Waals surface area contributed by atoms with Gasteiger partial charge < -0.3 is 4.90 Å². The third-order valence-corrected chi connectivity index (χ3v) is 10.7. The Morgan fingerprint density at radius 2 is 0.791 bits per heavy atom. The molecule has 5 aromatic carbocycles. The van der Waals surface area contributed by atoms with Crippen molar-refractivity contribution in [1.82, 2.24) is 0 Å². The number of fused-ring (bicyclic) bond motifs is 4. The van der Waals surface area contributed by atoms with Gasteiger partial charge >= 0.3 is 0 Å². The molecular weight excluding hydrogens is 518 g/mol. The van der Waals surface area contributed by atoms with Gasteiger partial charge in [0.25, 0.3) is 0 Å². The number of nitrogens with zero attached hydrogens (tertiary/aromatic N) is 1. The lowest BCUT2D eigenvalue weighted by molar-refractivity contribution is 0.359. The van der Waals surface area contributed by atoms with Crippen LogP contribution in [-0.4, -0.2) is 0 Å². The van der Waals surface area contributed by atoms with Crippen LogP contribution in [0.25, 0.3) is 22.3 Å². The lowest BCUT2D eigenvalue weighted by Gasteiger charge is -2.38. The Bertz CT molecular complexity index is 2140. The standard InChI is InChI=1S/C42H39N/c1-3-7-36(8-4-1)43(37-9-5-2-6-10-37)38-24-34(32-19-21-39-28-11-15-30(16-12-28)41(39)26-32)23-35(25-38)33-20-22-40-29-13-17-31(18-14-29)42(40)27-33/h1-10,19-31H,11-18H2/i1D,2D,3D,4D,5D,6D,7D,8D,9D,10D. The number of anilines is 3. The van der Waals surface area contributed by atoms with Gasteiger partial charge in [0.05, 0.1) is 13.7 Å². The molecule has 0 amide bonds. The van der Waals surface area contributed by atoms with Crippen molar-refractivity contribution in [3.63, 3.8) is 0 Å². The van der Waals surface area contributed by atoms with E-state index in [-0.39, 0.29) is 11.4 Å². The summed E-state index contributed by atoms with van der Waals surface area (Å²) in [4.78, 5) is 1.29. The first-order valence-electron chi connectivity index (χ1n) is 20.8. The van der Waals surface area contributed by atoms with Crippen LogP contribution in [0.15, 0.2) is 115 Å². The monoisotopic (exact) mass is 567 g/mol. The van der Waals surface area contributed by atoms with Crippen LogP contribution >= 0.6 is 0 Å². The van der Waals surface area contributed by atoms with E-state index in [9.17, 15) is 0 Å². The second-order valence-corrected chi connectivity index (χ2v) is 12.8. The summed E-state index contributed by atoms with van der Waals surface area (Å²) in [5.74, 6) is 2.14. The van der Waals surface area contributed by atoms with Crippen molar-refractivity contribution in [2.75, 3.05) is 4.90 Å². The van der Waals surface area contributed by atoms with Crippen molar-refractivity contribution in [1.29, 1.82) is 0 Å². The molecule has 6 aliphatic rings. The van der Waals surface area contributed by atoms with E-state index in [2.05, 4.69) is 42.5 Å². The van der Waals surface area contributed by atoms with E-state index >= 15 is 0 Å². The average molecular weight is 568 g/mol. The smallest absolute Gasteiger partial charge is 0.0645 e. The first-order valence-corrected chi connectivity index (χ1v) is 15.8. The zero-order valence-corrected chi connectivity index (χ0v) is 24.1. The van der Waals surface area contributed by atoms with Gasteiger partial charge in [-0.2, -0.15) is 0 Å². The van der Waals surface area contributed by atoms with E-state index in [1.165, 1.54) is 78.5 Å². The topological polar surface area (TPSA) is 3.24 Å². The molecule has 0 saturated heterocycles. The van der Waals surface area contributed by atoms with E-state index in [4.69, 9.17) is 13.7 Å². The minimum atomic E-state index is -0.579. The highest BCUT2D eigenvalue weighted by molar-refractivity contribution is 5.85. The van der Waals surface area contributed by atoms with E-state index in [0.717, 1.165) is 22.3 Å². The molecule has 2 fully saturated rings. The second kappa shape index (κ2) is 10.3. The average Bonchev–Trinajstić information content (AvgIpc) is 3.20. The van der Waals surface area contributed by atoms with Crippen LogP contribution in [0.5, 0.6) is 0 Å². The van der Waals surface area contributed by atoms with Gasteiger partial charge in [-0.25, -0.2) is 0 Å². The van der Waals surface area contributed by atoms with Crippen LogP contribution in [0, 0.1) is 0 Å². The SMILES string of the molecule is [2H]c1c([2H])c([2H])c(N(c2cc(-c3ccc4c(c3)C3CCC4CC3)cc(-c3ccc4c(c3)C3CCC4CC3)c2)c2c([2H])c([2H])c([2H])c([2H])c2[2H])c([2H])c1[2H]. The fraction of sp³-hybridized carbons (Fsp3) is 0.286. The van der Waals surface area contributed by atoms with Crippen LogP contribution in [0.1, 0.15) is 111 Å². The molecule has 0 aromatic heterocycles. The minimum Gasteiger partial charge on any atom is -0.310 e. The van der Waals surface area contributed by atoms with Crippen LogP contribution in [-0.2, 0) is 0 Å². The summed E-state index contributed by atoms with van der Waals surface area (Å²) in [6, 6.07) is 13.5.